The molecule has 4 heteroatoms. The van der Waals surface area contributed by atoms with Crippen molar-refractivity contribution in [2.75, 3.05) is 7.11 Å². The van der Waals surface area contributed by atoms with E-state index in [-0.39, 0.29) is 11.9 Å². The number of carbonyl (C=O) groups excluding carboxylic acids is 1. The second-order valence-electron chi connectivity index (χ2n) is 3.14. The first kappa shape index (κ1) is 10.8. The SMILES string of the molecule is COC(C)CCC(=O)c1cncnc1. The molecule has 1 atom stereocenters. The van der Waals surface area contributed by atoms with Crippen molar-refractivity contribution < 1.29 is 9.53 Å². The lowest BCUT2D eigenvalue weighted by Crippen LogP contribution is -2.09. The van der Waals surface area contributed by atoms with Crippen molar-refractivity contribution in [3.8, 4) is 0 Å². The Labute approximate surface area is 83.3 Å². The van der Waals surface area contributed by atoms with Crippen LogP contribution in [0.3, 0.4) is 0 Å². The molecule has 14 heavy (non-hydrogen) atoms. The van der Waals surface area contributed by atoms with Crippen molar-refractivity contribution >= 4 is 5.78 Å². The van der Waals surface area contributed by atoms with Crippen LogP contribution in [0.15, 0.2) is 18.7 Å². The quantitative estimate of drug-likeness (QED) is 0.666. The minimum absolute atomic E-state index is 0.0644. The molecule has 1 unspecified atom stereocenters. The Morgan fingerprint density at radius 2 is 2.14 bits per heavy atom. The Bertz CT molecular complexity index is 287. The molecule has 0 aliphatic carbocycles. The summed E-state index contributed by atoms with van der Waals surface area (Å²) in [7, 11) is 1.64. The van der Waals surface area contributed by atoms with Crippen LogP contribution in [0.5, 0.6) is 0 Å². The first-order valence-electron chi connectivity index (χ1n) is 4.55. The van der Waals surface area contributed by atoms with Crippen LogP contribution in [0.25, 0.3) is 0 Å². The van der Waals surface area contributed by atoms with Gasteiger partial charge in [0.2, 0.25) is 0 Å². The second kappa shape index (κ2) is 5.44. The molecule has 1 rings (SSSR count). The molecule has 0 spiro atoms. The van der Waals surface area contributed by atoms with E-state index in [0.29, 0.717) is 12.0 Å². The molecule has 0 saturated carbocycles. The third-order valence-electron chi connectivity index (χ3n) is 2.06. The van der Waals surface area contributed by atoms with E-state index in [0.717, 1.165) is 6.42 Å². The molecule has 4 nitrogen and oxygen atoms in total. The molecule has 0 aromatic carbocycles. The maximum atomic E-state index is 11.5. The van der Waals surface area contributed by atoms with Gasteiger partial charge in [-0.25, -0.2) is 9.97 Å². The molecular weight excluding hydrogens is 180 g/mol. The van der Waals surface area contributed by atoms with Gasteiger partial charge in [0.15, 0.2) is 5.78 Å². The van der Waals surface area contributed by atoms with Crippen molar-refractivity contribution in [2.45, 2.75) is 25.9 Å². The van der Waals surface area contributed by atoms with Gasteiger partial charge in [0, 0.05) is 25.9 Å². The molecule has 76 valence electrons. The van der Waals surface area contributed by atoms with Gasteiger partial charge in [0.1, 0.15) is 6.33 Å². The van der Waals surface area contributed by atoms with Crippen LogP contribution in [-0.4, -0.2) is 29.0 Å². The van der Waals surface area contributed by atoms with Gasteiger partial charge in [0.05, 0.1) is 11.7 Å². The number of nitrogens with zero attached hydrogens (tertiary/aromatic N) is 2. The standard InChI is InChI=1S/C10H14N2O2/c1-8(14-2)3-4-10(13)9-5-11-7-12-6-9/h5-8H,3-4H2,1-2H3. The minimum Gasteiger partial charge on any atom is -0.382 e. The van der Waals surface area contributed by atoms with Crippen molar-refractivity contribution in [1.82, 2.24) is 9.97 Å². The summed E-state index contributed by atoms with van der Waals surface area (Å²) >= 11 is 0. The number of Topliss-reactive ketones (excluding diaryl/α,β-unsaturated/α-hetero) is 1. The first-order chi connectivity index (χ1) is 6.74. The van der Waals surface area contributed by atoms with Gasteiger partial charge in [-0.3, -0.25) is 4.79 Å². The van der Waals surface area contributed by atoms with Gasteiger partial charge in [-0.2, -0.15) is 0 Å². The normalized spacial score (nSPS) is 12.4. The van der Waals surface area contributed by atoms with Crippen LogP contribution >= 0.6 is 0 Å². The number of rotatable bonds is 5. The number of aromatic nitrogens is 2. The maximum Gasteiger partial charge on any atom is 0.166 e. The summed E-state index contributed by atoms with van der Waals surface area (Å²) in [5.41, 5.74) is 0.566. The monoisotopic (exact) mass is 194 g/mol. The van der Waals surface area contributed by atoms with Crippen molar-refractivity contribution in [2.24, 2.45) is 0 Å². The van der Waals surface area contributed by atoms with Crippen LogP contribution < -0.4 is 0 Å². The second-order valence-corrected chi connectivity index (χ2v) is 3.14. The van der Waals surface area contributed by atoms with E-state index in [1.54, 1.807) is 7.11 Å². The fourth-order valence-electron chi connectivity index (χ4n) is 1.04. The Hall–Kier alpha value is -1.29. The predicted molar refractivity (Wildman–Crippen MR) is 52.1 cm³/mol. The zero-order chi connectivity index (χ0) is 10.4. The van der Waals surface area contributed by atoms with E-state index >= 15 is 0 Å². The highest BCUT2D eigenvalue weighted by atomic mass is 16.5. The lowest BCUT2D eigenvalue weighted by Gasteiger charge is -2.07. The van der Waals surface area contributed by atoms with Crippen LogP contribution in [0, 0.1) is 0 Å². The molecule has 1 aromatic rings. The molecule has 0 amide bonds. The largest absolute Gasteiger partial charge is 0.382 e. The molecular formula is C10H14N2O2. The summed E-state index contributed by atoms with van der Waals surface area (Å²) in [5, 5.41) is 0. The first-order valence-corrected chi connectivity index (χ1v) is 4.55. The number of carbonyl (C=O) groups is 1. The fraction of sp³-hybridized carbons (Fsp3) is 0.500. The summed E-state index contributed by atoms with van der Waals surface area (Å²) in [6, 6.07) is 0. The van der Waals surface area contributed by atoms with Crippen LogP contribution in [0.4, 0.5) is 0 Å². The molecule has 0 radical (unpaired) electrons. The molecule has 0 aliphatic rings. The summed E-state index contributed by atoms with van der Waals surface area (Å²) in [4.78, 5) is 19.1. The molecule has 1 heterocycles. The summed E-state index contributed by atoms with van der Waals surface area (Å²) in [6.45, 7) is 1.94. The molecule has 0 fully saturated rings. The average Bonchev–Trinajstić information content (AvgIpc) is 2.26. The molecule has 0 bridgehead atoms. The van der Waals surface area contributed by atoms with E-state index in [1.165, 1.54) is 18.7 Å². The van der Waals surface area contributed by atoms with Crippen LogP contribution in [0.1, 0.15) is 30.1 Å². The number of ketones is 1. The third-order valence-corrected chi connectivity index (χ3v) is 2.06. The third kappa shape index (κ3) is 3.22. The molecule has 0 N–H and O–H groups in total. The van der Waals surface area contributed by atoms with Gasteiger partial charge in [-0.15, -0.1) is 0 Å². The molecule has 0 aliphatic heterocycles. The number of ether oxygens (including phenoxy) is 1. The number of hydrogen-bond acceptors (Lipinski definition) is 4. The summed E-state index contributed by atoms with van der Waals surface area (Å²) in [6.07, 6.45) is 5.80. The zero-order valence-electron chi connectivity index (χ0n) is 8.43. The van der Waals surface area contributed by atoms with Crippen molar-refractivity contribution in [3.63, 3.8) is 0 Å². The maximum absolute atomic E-state index is 11.5. The molecule has 1 aromatic heterocycles. The average molecular weight is 194 g/mol. The van der Waals surface area contributed by atoms with Gasteiger partial charge >= 0.3 is 0 Å². The van der Waals surface area contributed by atoms with Crippen LogP contribution in [-0.2, 0) is 4.74 Å². The number of hydrogen-bond donors (Lipinski definition) is 0. The van der Waals surface area contributed by atoms with Crippen molar-refractivity contribution in [3.05, 3.63) is 24.3 Å². The summed E-state index contributed by atoms with van der Waals surface area (Å²) < 4.78 is 5.05. The van der Waals surface area contributed by atoms with E-state index in [2.05, 4.69) is 9.97 Å². The van der Waals surface area contributed by atoms with Crippen molar-refractivity contribution in [1.29, 1.82) is 0 Å². The van der Waals surface area contributed by atoms with E-state index in [4.69, 9.17) is 4.74 Å². The Morgan fingerprint density at radius 3 is 2.71 bits per heavy atom. The van der Waals surface area contributed by atoms with E-state index in [9.17, 15) is 4.79 Å². The lowest BCUT2D eigenvalue weighted by molar-refractivity contribution is 0.0877. The topological polar surface area (TPSA) is 52.1 Å². The van der Waals surface area contributed by atoms with E-state index in [1.807, 2.05) is 6.92 Å². The Balaban J connectivity index is 2.44. The highest BCUT2D eigenvalue weighted by Gasteiger charge is 2.08. The van der Waals surface area contributed by atoms with Gasteiger partial charge < -0.3 is 4.74 Å². The Kier molecular flexibility index (Phi) is 4.19. The highest BCUT2D eigenvalue weighted by Crippen LogP contribution is 2.06. The predicted octanol–water partition coefficient (Wildman–Crippen LogP) is 1.47. The van der Waals surface area contributed by atoms with Crippen LogP contribution in [0.2, 0.25) is 0 Å². The minimum atomic E-state index is 0.0644. The van der Waals surface area contributed by atoms with Gasteiger partial charge in [0.25, 0.3) is 0 Å². The fourth-order valence-corrected chi connectivity index (χ4v) is 1.04. The number of methoxy groups -OCH3 is 1. The van der Waals surface area contributed by atoms with Gasteiger partial charge in [-0.1, -0.05) is 0 Å². The molecule has 0 saturated heterocycles. The Morgan fingerprint density at radius 1 is 1.50 bits per heavy atom. The summed E-state index contributed by atoms with van der Waals surface area (Å²) in [5.74, 6) is 0.0644. The zero-order valence-corrected chi connectivity index (χ0v) is 8.43. The van der Waals surface area contributed by atoms with E-state index < -0.39 is 0 Å². The highest BCUT2D eigenvalue weighted by molar-refractivity contribution is 5.95. The van der Waals surface area contributed by atoms with Gasteiger partial charge in [-0.05, 0) is 13.3 Å². The lowest BCUT2D eigenvalue weighted by atomic mass is 10.1. The smallest absolute Gasteiger partial charge is 0.166 e.